The number of anilines is 1. The van der Waals surface area contributed by atoms with Gasteiger partial charge in [0.25, 0.3) is 0 Å². The first kappa shape index (κ1) is 16.6. The van der Waals surface area contributed by atoms with Crippen LogP contribution < -0.4 is 10.6 Å². The fourth-order valence-corrected chi connectivity index (χ4v) is 1.82. The normalized spacial score (nSPS) is 9.67. The Morgan fingerprint density at radius 3 is 2.67 bits per heavy atom. The highest BCUT2D eigenvalue weighted by molar-refractivity contribution is 5.89. The topological polar surface area (TPSA) is 78.4 Å². The molecule has 0 radical (unpaired) electrons. The minimum Gasteiger partial charge on any atom is -0.481 e. The summed E-state index contributed by atoms with van der Waals surface area (Å²) in [5, 5.41) is 13.9. The van der Waals surface area contributed by atoms with Gasteiger partial charge >= 0.3 is 12.0 Å². The first-order chi connectivity index (χ1) is 10.1. The van der Waals surface area contributed by atoms with Crippen molar-refractivity contribution in [3.8, 4) is 12.3 Å². The van der Waals surface area contributed by atoms with Crippen LogP contribution in [0.4, 0.5) is 10.5 Å². The fourth-order valence-electron chi connectivity index (χ4n) is 1.82. The highest BCUT2D eigenvalue weighted by atomic mass is 16.4. The van der Waals surface area contributed by atoms with Crippen LogP contribution in [0.5, 0.6) is 0 Å². The summed E-state index contributed by atoms with van der Waals surface area (Å²) in [6.45, 7) is 0.563. The van der Waals surface area contributed by atoms with Gasteiger partial charge in [-0.1, -0.05) is 24.8 Å². The third-order valence-corrected chi connectivity index (χ3v) is 2.89. The molecule has 0 saturated heterocycles. The van der Waals surface area contributed by atoms with E-state index in [1.54, 1.807) is 24.3 Å². The standard InChI is InChI=1S/C16H20N2O3/c1-2-13-8-7-9-14(12-13)18-16(21)17-11-6-4-3-5-10-15(19)20/h1,7-9,12H,3-6,10-11H2,(H,19,20)(H2,17,18,21). The van der Waals surface area contributed by atoms with Gasteiger partial charge in [-0.05, 0) is 31.0 Å². The van der Waals surface area contributed by atoms with Crippen molar-refractivity contribution in [2.24, 2.45) is 0 Å². The van der Waals surface area contributed by atoms with Crippen molar-refractivity contribution in [2.75, 3.05) is 11.9 Å². The number of hydrogen-bond donors (Lipinski definition) is 3. The van der Waals surface area contributed by atoms with Gasteiger partial charge in [0.1, 0.15) is 0 Å². The fraction of sp³-hybridized carbons (Fsp3) is 0.375. The van der Waals surface area contributed by atoms with Crippen LogP contribution in [0.15, 0.2) is 24.3 Å². The summed E-state index contributed by atoms with van der Waals surface area (Å²) in [5.74, 6) is 1.74. The molecule has 0 fully saturated rings. The van der Waals surface area contributed by atoms with Crippen molar-refractivity contribution in [1.82, 2.24) is 5.32 Å². The summed E-state index contributed by atoms with van der Waals surface area (Å²) in [6.07, 6.45) is 8.77. The van der Waals surface area contributed by atoms with Crippen LogP contribution in [0.3, 0.4) is 0 Å². The van der Waals surface area contributed by atoms with Gasteiger partial charge in [0, 0.05) is 24.2 Å². The van der Waals surface area contributed by atoms with Gasteiger partial charge in [-0.2, -0.15) is 0 Å². The quantitative estimate of drug-likeness (QED) is 0.508. The molecule has 0 spiro atoms. The molecular formula is C16H20N2O3. The maximum atomic E-state index is 11.6. The molecule has 0 aliphatic carbocycles. The predicted molar refractivity (Wildman–Crippen MR) is 82.1 cm³/mol. The molecule has 0 saturated carbocycles. The van der Waals surface area contributed by atoms with Crippen molar-refractivity contribution in [3.63, 3.8) is 0 Å². The van der Waals surface area contributed by atoms with E-state index in [1.807, 2.05) is 0 Å². The Bertz CT molecular complexity index is 520. The van der Waals surface area contributed by atoms with Gasteiger partial charge in [-0.15, -0.1) is 6.42 Å². The molecule has 0 heterocycles. The number of amides is 2. The molecule has 0 atom stereocenters. The molecule has 5 nitrogen and oxygen atoms in total. The van der Waals surface area contributed by atoms with E-state index in [9.17, 15) is 9.59 Å². The van der Waals surface area contributed by atoms with Crippen molar-refractivity contribution < 1.29 is 14.7 Å². The second-order valence-corrected chi connectivity index (χ2v) is 4.66. The van der Waals surface area contributed by atoms with E-state index in [2.05, 4.69) is 16.6 Å². The lowest BCUT2D eigenvalue weighted by Crippen LogP contribution is -2.29. The van der Waals surface area contributed by atoms with E-state index in [0.717, 1.165) is 19.3 Å². The van der Waals surface area contributed by atoms with Gasteiger partial charge in [-0.3, -0.25) is 4.79 Å². The number of urea groups is 1. The Labute approximate surface area is 124 Å². The molecule has 3 N–H and O–H groups in total. The second kappa shape index (κ2) is 9.43. The third kappa shape index (κ3) is 7.63. The highest BCUT2D eigenvalue weighted by Crippen LogP contribution is 2.09. The number of carboxylic acids is 1. The summed E-state index contributed by atoms with van der Waals surface area (Å²) < 4.78 is 0. The zero-order valence-electron chi connectivity index (χ0n) is 11.9. The lowest BCUT2D eigenvalue weighted by Gasteiger charge is -2.07. The smallest absolute Gasteiger partial charge is 0.319 e. The molecule has 1 rings (SSSR count). The van der Waals surface area contributed by atoms with E-state index in [-0.39, 0.29) is 12.5 Å². The Morgan fingerprint density at radius 2 is 1.95 bits per heavy atom. The highest BCUT2D eigenvalue weighted by Gasteiger charge is 2.01. The van der Waals surface area contributed by atoms with Crippen LogP contribution in [0.2, 0.25) is 0 Å². The van der Waals surface area contributed by atoms with Gasteiger partial charge in [0.15, 0.2) is 0 Å². The van der Waals surface area contributed by atoms with Crippen molar-refractivity contribution in [3.05, 3.63) is 29.8 Å². The molecule has 1 aromatic carbocycles. The predicted octanol–water partition coefficient (Wildman–Crippen LogP) is 2.82. The van der Waals surface area contributed by atoms with E-state index < -0.39 is 5.97 Å². The number of terminal acetylenes is 1. The maximum Gasteiger partial charge on any atom is 0.319 e. The molecular weight excluding hydrogens is 268 g/mol. The third-order valence-electron chi connectivity index (χ3n) is 2.89. The minimum absolute atomic E-state index is 0.208. The Kier molecular flexibility index (Phi) is 7.44. The molecule has 0 bridgehead atoms. The summed E-state index contributed by atoms with van der Waals surface area (Å²) in [5.41, 5.74) is 1.37. The van der Waals surface area contributed by atoms with Gasteiger partial charge < -0.3 is 15.7 Å². The van der Waals surface area contributed by atoms with E-state index in [4.69, 9.17) is 11.5 Å². The van der Waals surface area contributed by atoms with Crippen molar-refractivity contribution in [1.29, 1.82) is 0 Å². The minimum atomic E-state index is -0.762. The molecule has 112 valence electrons. The van der Waals surface area contributed by atoms with E-state index >= 15 is 0 Å². The molecule has 21 heavy (non-hydrogen) atoms. The van der Waals surface area contributed by atoms with Crippen LogP contribution in [-0.4, -0.2) is 23.7 Å². The van der Waals surface area contributed by atoms with Crippen LogP contribution in [0, 0.1) is 12.3 Å². The zero-order valence-corrected chi connectivity index (χ0v) is 11.9. The van der Waals surface area contributed by atoms with Gasteiger partial charge in [0.2, 0.25) is 0 Å². The summed E-state index contributed by atoms with van der Waals surface area (Å²) in [6, 6.07) is 6.81. The zero-order chi connectivity index (χ0) is 15.5. The van der Waals surface area contributed by atoms with Crippen LogP contribution >= 0.6 is 0 Å². The molecule has 2 amide bonds. The number of hydrogen-bond acceptors (Lipinski definition) is 2. The van der Waals surface area contributed by atoms with Crippen LogP contribution in [-0.2, 0) is 4.79 Å². The lowest BCUT2D eigenvalue weighted by atomic mass is 10.1. The van der Waals surface area contributed by atoms with Crippen molar-refractivity contribution in [2.45, 2.75) is 32.1 Å². The molecule has 1 aromatic rings. The molecule has 0 unspecified atom stereocenters. The number of rotatable bonds is 8. The summed E-state index contributed by atoms with van der Waals surface area (Å²) in [7, 11) is 0. The SMILES string of the molecule is C#Cc1cccc(NC(=O)NCCCCCCC(=O)O)c1. The molecule has 0 aliphatic heterocycles. The summed E-state index contributed by atoms with van der Waals surface area (Å²) in [4.78, 5) is 22.0. The number of benzene rings is 1. The van der Waals surface area contributed by atoms with Crippen LogP contribution in [0.1, 0.15) is 37.7 Å². The van der Waals surface area contributed by atoms with Crippen molar-refractivity contribution >= 4 is 17.7 Å². The number of unbranched alkanes of at least 4 members (excludes halogenated alkanes) is 3. The van der Waals surface area contributed by atoms with Gasteiger partial charge in [-0.25, -0.2) is 4.79 Å². The van der Waals surface area contributed by atoms with E-state index in [1.165, 1.54) is 0 Å². The van der Waals surface area contributed by atoms with Crippen LogP contribution in [0.25, 0.3) is 0 Å². The van der Waals surface area contributed by atoms with E-state index in [0.29, 0.717) is 24.2 Å². The summed E-state index contributed by atoms with van der Waals surface area (Å²) >= 11 is 0. The molecule has 5 heteroatoms. The average Bonchev–Trinajstić information content (AvgIpc) is 2.46. The largest absolute Gasteiger partial charge is 0.481 e. The monoisotopic (exact) mass is 288 g/mol. The number of carbonyl (C=O) groups is 2. The molecule has 0 aromatic heterocycles. The second-order valence-electron chi connectivity index (χ2n) is 4.66. The lowest BCUT2D eigenvalue weighted by molar-refractivity contribution is -0.137. The number of carboxylic acid groups (broad SMARTS) is 1. The number of nitrogens with one attached hydrogen (secondary N) is 2. The Hall–Kier alpha value is -2.48. The first-order valence-corrected chi connectivity index (χ1v) is 6.95. The number of carbonyl (C=O) groups excluding carboxylic acids is 1. The Morgan fingerprint density at radius 1 is 1.19 bits per heavy atom. The first-order valence-electron chi connectivity index (χ1n) is 6.95. The average molecular weight is 288 g/mol. The molecule has 0 aliphatic rings. The van der Waals surface area contributed by atoms with Gasteiger partial charge in [0.05, 0.1) is 0 Å². The maximum absolute atomic E-state index is 11.6. The number of aliphatic carboxylic acids is 1. The Balaban J connectivity index is 2.14.